The van der Waals surface area contributed by atoms with Crippen molar-refractivity contribution < 1.29 is 19.1 Å². The monoisotopic (exact) mass is 330 g/mol. The maximum absolute atomic E-state index is 11.9. The Morgan fingerprint density at radius 1 is 1.29 bits per heavy atom. The van der Waals surface area contributed by atoms with E-state index in [0.29, 0.717) is 18.5 Å². The number of methoxy groups -OCH3 is 1. The van der Waals surface area contributed by atoms with E-state index in [4.69, 9.17) is 0 Å². The van der Waals surface area contributed by atoms with E-state index in [1.54, 1.807) is 30.1 Å². The fraction of sp³-hybridized carbons (Fsp3) is 0.389. The van der Waals surface area contributed by atoms with Gasteiger partial charge in [0.2, 0.25) is 5.91 Å². The smallest absolute Gasteiger partial charge is 0.325 e. The Bertz CT molecular complexity index is 658. The number of ether oxygens (including phenoxy) is 1. The fourth-order valence-corrected chi connectivity index (χ4v) is 1.79. The van der Waals surface area contributed by atoms with Gasteiger partial charge in [-0.15, -0.1) is 0 Å². The predicted octanol–water partition coefficient (Wildman–Crippen LogP) is 1.20. The minimum atomic E-state index is -0.505. The lowest BCUT2D eigenvalue weighted by atomic mass is 10.1. The SMILES string of the molecule is COC(=O)CNC(=O)c1cccc(C#CCCCN(C)C(C)=O)c1. The van der Waals surface area contributed by atoms with Crippen molar-refractivity contribution in [3.8, 4) is 11.8 Å². The minimum absolute atomic E-state index is 0.0358. The van der Waals surface area contributed by atoms with E-state index in [-0.39, 0.29) is 18.4 Å². The van der Waals surface area contributed by atoms with Crippen LogP contribution in [0.4, 0.5) is 0 Å². The van der Waals surface area contributed by atoms with Crippen LogP contribution >= 0.6 is 0 Å². The van der Waals surface area contributed by atoms with E-state index in [1.807, 2.05) is 6.07 Å². The number of benzene rings is 1. The second kappa shape index (κ2) is 10.1. The van der Waals surface area contributed by atoms with Crippen molar-refractivity contribution in [3.63, 3.8) is 0 Å². The lowest BCUT2D eigenvalue weighted by Gasteiger charge is -2.12. The summed E-state index contributed by atoms with van der Waals surface area (Å²) in [5.41, 5.74) is 1.16. The molecular formula is C18H22N2O4. The molecule has 6 heteroatoms. The molecule has 1 rings (SSSR count). The van der Waals surface area contributed by atoms with Crippen LogP contribution in [-0.4, -0.2) is 49.9 Å². The zero-order valence-electron chi connectivity index (χ0n) is 14.2. The number of rotatable bonds is 6. The zero-order valence-corrected chi connectivity index (χ0v) is 14.2. The lowest BCUT2D eigenvalue weighted by molar-refractivity contribution is -0.139. The standard InChI is InChI=1S/C18H22N2O4/c1-14(21)20(2)11-6-4-5-8-15-9-7-10-16(12-15)18(23)19-13-17(22)24-3/h7,9-10,12H,4,6,11,13H2,1-3H3,(H,19,23). The topological polar surface area (TPSA) is 75.7 Å². The molecule has 2 amide bonds. The summed E-state index contributed by atoms with van der Waals surface area (Å²) in [6, 6.07) is 6.87. The maximum atomic E-state index is 11.9. The van der Waals surface area contributed by atoms with Crippen LogP contribution < -0.4 is 5.32 Å². The van der Waals surface area contributed by atoms with Crippen LogP contribution in [-0.2, 0) is 14.3 Å². The van der Waals surface area contributed by atoms with Gasteiger partial charge in [-0.2, -0.15) is 0 Å². The molecule has 0 atom stereocenters. The molecule has 0 aliphatic rings. The highest BCUT2D eigenvalue weighted by Crippen LogP contribution is 2.04. The molecule has 1 aromatic carbocycles. The second-order valence-electron chi connectivity index (χ2n) is 5.19. The average molecular weight is 330 g/mol. The summed E-state index contributed by atoms with van der Waals surface area (Å²) in [6.07, 6.45) is 1.46. The number of unbranched alkanes of at least 4 members (excludes halogenated alkanes) is 1. The number of nitrogens with zero attached hydrogens (tertiary/aromatic N) is 1. The van der Waals surface area contributed by atoms with Crippen molar-refractivity contribution in [1.82, 2.24) is 10.2 Å². The van der Waals surface area contributed by atoms with Crippen LogP contribution in [0.15, 0.2) is 24.3 Å². The van der Waals surface area contributed by atoms with Gasteiger partial charge in [-0.25, -0.2) is 0 Å². The lowest BCUT2D eigenvalue weighted by Crippen LogP contribution is -2.30. The van der Waals surface area contributed by atoms with Gasteiger partial charge in [-0.05, 0) is 24.6 Å². The van der Waals surface area contributed by atoms with Crippen molar-refractivity contribution in [1.29, 1.82) is 0 Å². The van der Waals surface area contributed by atoms with E-state index in [9.17, 15) is 14.4 Å². The van der Waals surface area contributed by atoms with Gasteiger partial charge in [0.25, 0.3) is 5.91 Å². The first kappa shape index (κ1) is 19.2. The maximum Gasteiger partial charge on any atom is 0.325 e. The molecule has 0 aliphatic heterocycles. The quantitative estimate of drug-likeness (QED) is 0.483. The highest BCUT2D eigenvalue weighted by Gasteiger charge is 2.08. The van der Waals surface area contributed by atoms with Crippen LogP contribution in [0, 0.1) is 11.8 Å². The summed E-state index contributed by atoms with van der Waals surface area (Å²) in [4.78, 5) is 35.7. The highest BCUT2D eigenvalue weighted by atomic mass is 16.5. The fourth-order valence-electron chi connectivity index (χ4n) is 1.79. The largest absolute Gasteiger partial charge is 0.468 e. The van der Waals surface area contributed by atoms with Crippen LogP contribution in [0.3, 0.4) is 0 Å². The molecule has 0 saturated heterocycles. The van der Waals surface area contributed by atoms with Crippen molar-refractivity contribution in [2.24, 2.45) is 0 Å². The summed E-state index contributed by atoms with van der Waals surface area (Å²) < 4.78 is 4.47. The number of amides is 2. The Balaban J connectivity index is 2.54. The van der Waals surface area contributed by atoms with Gasteiger partial charge in [-0.1, -0.05) is 17.9 Å². The summed E-state index contributed by atoms with van der Waals surface area (Å²) >= 11 is 0. The van der Waals surface area contributed by atoms with Gasteiger partial charge >= 0.3 is 5.97 Å². The third kappa shape index (κ3) is 6.97. The number of nitrogens with one attached hydrogen (secondary N) is 1. The van der Waals surface area contributed by atoms with E-state index in [1.165, 1.54) is 14.0 Å². The molecule has 0 saturated carbocycles. The van der Waals surface area contributed by atoms with Crippen molar-refractivity contribution in [2.45, 2.75) is 19.8 Å². The van der Waals surface area contributed by atoms with Gasteiger partial charge < -0.3 is 15.0 Å². The first-order valence-electron chi connectivity index (χ1n) is 7.59. The Kier molecular flexibility index (Phi) is 8.06. The third-order valence-electron chi connectivity index (χ3n) is 3.31. The molecule has 0 heterocycles. The van der Waals surface area contributed by atoms with Crippen molar-refractivity contribution >= 4 is 17.8 Å². The summed E-state index contributed by atoms with van der Waals surface area (Å²) in [6.45, 7) is 2.03. The van der Waals surface area contributed by atoms with E-state index in [2.05, 4.69) is 21.9 Å². The molecule has 1 N–H and O–H groups in total. The summed E-state index contributed by atoms with van der Waals surface area (Å²) in [5, 5.41) is 2.48. The minimum Gasteiger partial charge on any atom is -0.468 e. The van der Waals surface area contributed by atoms with Crippen molar-refractivity contribution in [3.05, 3.63) is 35.4 Å². The van der Waals surface area contributed by atoms with Crippen LogP contribution in [0.1, 0.15) is 35.7 Å². The van der Waals surface area contributed by atoms with E-state index in [0.717, 1.165) is 12.0 Å². The number of carbonyl (C=O) groups excluding carboxylic acids is 3. The summed E-state index contributed by atoms with van der Waals surface area (Å²) in [7, 11) is 3.02. The first-order valence-corrected chi connectivity index (χ1v) is 7.59. The van der Waals surface area contributed by atoms with E-state index < -0.39 is 5.97 Å². The Morgan fingerprint density at radius 2 is 2.04 bits per heavy atom. The highest BCUT2D eigenvalue weighted by molar-refractivity contribution is 5.96. The molecule has 0 radical (unpaired) electrons. The zero-order chi connectivity index (χ0) is 17.9. The molecule has 0 bridgehead atoms. The summed E-state index contributed by atoms with van der Waals surface area (Å²) in [5.74, 6) is 5.20. The van der Waals surface area contributed by atoms with Gasteiger partial charge in [0.1, 0.15) is 6.54 Å². The molecule has 128 valence electrons. The van der Waals surface area contributed by atoms with Crippen LogP contribution in [0.2, 0.25) is 0 Å². The molecule has 0 unspecified atom stereocenters. The average Bonchev–Trinajstić information content (AvgIpc) is 2.58. The normalized spacial score (nSPS) is 9.46. The molecule has 0 aliphatic carbocycles. The number of esters is 1. The van der Waals surface area contributed by atoms with Gasteiger partial charge in [0, 0.05) is 38.1 Å². The number of hydrogen-bond acceptors (Lipinski definition) is 4. The molecule has 0 fully saturated rings. The predicted molar refractivity (Wildman–Crippen MR) is 90.2 cm³/mol. The van der Waals surface area contributed by atoms with Crippen molar-refractivity contribution in [2.75, 3.05) is 27.2 Å². The molecule has 6 nitrogen and oxygen atoms in total. The van der Waals surface area contributed by atoms with Crippen LogP contribution in [0.5, 0.6) is 0 Å². The van der Waals surface area contributed by atoms with Gasteiger partial charge in [0.05, 0.1) is 7.11 Å². The molecule has 1 aromatic rings. The third-order valence-corrected chi connectivity index (χ3v) is 3.31. The molecular weight excluding hydrogens is 308 g/mol. The van der Waals surface area contributed by atoms with Crippen LogP contribution in [0.25, 0.3) is 0 Å². The molecule has 0 spiro atoms. The Hall–Kier alpha value is -2.81. The number of carbonyl (C=O) groups is 3. The Labute approximate surface area is 142 Å². The second-order valence-corrected chi connectivity index (χ2v) is 5.19. The van der Waals surface area contributed by atoms with Gasteiger partial charge in [-0.3, -0.25) is 14.4 Å². The van der Waals surface area contributed by atoms with E-state index >= 15 is 0 Å². The Morgan fingerprint density at radius 3 is 2.71 bits per heavy atom. The molecule has 0 aromatic heterocycles. The molecule has 24 heavy (non-hydrogen) atoms. The van der Waals surface area contributed by atoms with Gasteiger partial charge in [0.15, 0.2) is 0 Å². The first-order chi connectivity index (χ1) is 11.4. The number of hydrogen-bond donors (Lipinski definition) is 1.